The molecular weight excluding hydrogens is 258 g/mol. The number of isocyanates is 2. The van der Waals surface area contributed by atoms with Gasteiger partial charge in [-0.25, -0.2) is 25.2 Å². The molecule has 0 amide bonds. The van der Waals surface area contributed by atoms with Crippen LogP contribution in [0.1, 0.15) is 6.92 Å². The van der Waals surface area contributed by atoms with Crippen LogP contribution in [-0.4, -0.2) is 54.7 Å². The van der Waals surface area contributed by atoms with Crippen molar-refractivity contribution in [2.24, 2.45) is 5.73 Å². The summed E-state index contributed by atoms with van der Waals surface area (Å²) >= 11 is 0. The molecule has 0 aromatic heterocycles. The standard InChI is InChI=1S/C6H10O3.C2H7NO.2CHNO/c1-5(2)6(8)9-4-3-7;3-1-2-4;2*2-1-3/h7H,1,3-4H2,2H3;4H,1-3H2;2*2H. The maximum absolute atomic E-state index is 10.5. The van der Waals surface area contributed by atoms with Gasteiger partial charge < -0.3 is 20.7 Å². The number of aliphatic hydroxyl groups excluding tert-OH is 2. The smallest absolute Gasteiger partial charge is 0.333 e. The number of esters is 1. The van der Waals surface area contributed by atoms with E-state index in [0.717, 1.165) is 12.2 Å². The van der Waals surface area contributed by atoms with E-state index in [1.807, 2.05) is 0 Å². The molecule has 0 aliphatic rings. The van der Waals surface area contributed by atoms with E-state index in [9.17, 15) is 4.79 Å². The van der Waals surface area contributed by atoms with Crippen LogP contribution in [0.2, 0.25) is 0 Å². The second kappa shape index (κ2) is 29.7. The van der Waals surface area contributed by atoms with Crippen molar-refractivity contribution in [3.8, 4) is 0 Å². The van der Waals surface area contributed by atoms with Gasteiger partial charge in [0.2, 0.25) is 12.2 Å². The zero-order valence-corrected chi connectivity index (χ0v) is 10.6. The van der Waals surface area contributed by atoms with E-state index in [-0.39, 0.29) is 19.8 Å². The third-order valence-electron chi connectivity index (χ3n) is 0.802. The Hall–Kier alpha value is -2.15. The number of carbonyl (C=O) groups excluding carboxylic acids is 3. The van der Waals surface area contributed by atoms with E-state index in [2.05, 4.69) is 11.3 Å². The van der Waals surface area contributed by atoms with Gasteiger partial charge in [0.25, 0.3) is 0 Å². The van der Waals surface area contributed by atoms with E-state index in [4.69, 9.17) is 36.4 Å². The van der Waals surface area contributed by atoms with Gasteiger partial charge in [0.1, 0.15) is 6.61 Å². The summed E-state index contributed by atoms with van der Waals surface area (Å²) in [5.74, 6) is -0.455. The molecule has 0 rings (SSSR count). The minimum absolute atomic E-state index is 0.0473. The molecule has 0 radical (unpaired) electrons. The van der Waals surface area contributed by atoms with Crippen LogP contribution >= 0.6 is 0 Å². The van der Waals surface area contributed by atoms with Gasteiger partial charge in [0.05, 0.1) is 13.2 Å². The van der Waals surface area contributed by atoms with Crippen molar-refractivity contribution < 1.29 is 29.3 Å². The molecule has 6 N–H and O–H groups in total. The third-order valence-corrected chi connectivity index (χ3v) is 0.802. The number of carbonyl (C=O) groups is 1. The van der Waals surface area contributed by atoms with Crippen LogP contribution in [-0.2, 0) is 19.1 Å². The highest BCUT2D eigenvalue weighted by atomic mass is 16.5. The molecular formula is C10H19N3O6. The summed E-state index contributed by atoms with van der Waals surface area (Å²) in [6, 6.07) is 0. The number of nitrogens with one attached hydrogen (secondary N) is 2. The highest BCUT2D eigenvalue weighted by Gasteiger charge is 1.99. The van der Waals surface area contributed by atoms with Gasteiger partial charge in [-0.1, -0.05) is 6.58 Å². The van der Waals surface area contributed by atoms with Crippen molar-refractivity contribution in [2.45, 2.75) is 6.92 Å². The molecule has 0 saturated carbocycles. The number of ether oxygens (including phenoxy) is 1. The Labute approximate surface area is 110 Å². The average molecular weight is 277 g/mol. The first-order chi connectivity index (χ1) is 8.92. The molecule has 9 nitrogen and oxygen atoms in total. The van der Waals surface area contributed by atoms with Crippen molar-refractivity contribution >= 4 is 18.1 Å². The van der Waals surface area contributed by atoms with E-state index >= 15 is 0 Å². The zero-order chi connectivity index (χ0) is 16.1. The summed E-state index contributed by atoms with van der Waals surface area (Å²) in [5.41, 5.74) is 5.13. The fourth-order valence-electron chi connectivity index (χ4n) is 0.262. The highest BCUT2D eigenvalue weighted by Crippen LogP contribution is 1.89. The van der Waals surface area contributed by atoms with Crippen LogP contribution in [0.3, 0.4) is 0 Å². The predicted molar refractivity (Wildman–Crippen MR) is 65.8 cm³/mol. The van der Waals surface area contributed by atoms with Gasteiger partial charge >= 0.3 is 5.97 Å². The normalized spacial score (nSPS) is 6.53. The Bertz CT molecular complexity index is 267. The molecule has 0 unspecified atom stereocenters. The number of nitrogens with two attached hydrogens (primary N) is 1. The summed E-state index contributed by atoms with van der Waals surface area (Å²) in [7, 11) is 0. The molecule has 0 saturated heterocycles. The van der Waals surface area contributed by atoms with Gasteiger partial charge in [-0.15, -0.1) is 0 Å². The monoisotopic (exact) mass is 277 g/mol. The molecule has 110 valence electrons. The van der Waals surface area contributed by atoms with Crippen LogP contribution in [0, 0.1) is 10.8 Å². The largest absolute Gasteiger partial charge is 0.460 e. The maximum Gasteiger partial charge on any atom is 0.333 e. The van der Waals surface area contributed by atoms with Gasteiger partial charge in [-0.3, -0.25) is 0 Å². The minimum Gasteiger partial charge on any atom is -0.460 e. The van der Waals surface area contributed by atoms with Crippen molar-refractivity contribution in [3.05, 3.63) is 12.2 Å². The lowest BCUT2D eigenvalue weighted by Gasteiger charge is -1.99. The molecule has 0 fully saturated rings. The van der Waals surface area contributed by atoms with Gasteiger partial charge in [0.15, 0.2) is 0 Å². The Morgan fingerprint density at radius 2 is 1.58 bits per heavy atom. The second-order valence-corrected chi connectivity index (χ2v) is 2.36. The molecule has 0 heterocycles. The van der Waals surface area contributed by atoms with Crippen LogP contribution in [0.15, 0.2) is 12.2 Å². The maximum atomic E-state index is 10.5. The van der Waals surface area contributed by atoms with Gasteiger partial charge in [0, 0.05) is 12.1 Å². The van der Waals surface area contributed by atoms with Gasteiger partial charge in [-0.05, 0) is 6.92 Å². The molecule has 0 spiro atoms. The molecule has 0 bridgehead atoms. The van der Waals surface area contributed by atoms with Crippen molar-refractivity contribution in [3.63, 3.8) is 0 Å². The van der Waals surface area contributed by atoms with Crippen LogP contribution in [0.5, 0.6) is 0 Å². The molecule has 19 heavy (non-hydrogen) atoms. The zero-order valence-electron chi connectivity index (χ0n) is 10.6. The van der Waals surface area contributed by atoms with E-state index in [1.165, 1.54) is 0 Å². The summed E-state index contributed by atoms with van der Waals surface area (Å²) in [5, 5.41) is 26.7. The highest BCUT2D eigenvalue weighted by molar-refractivity contribution is 5.86. The number of rotatable bonds is 4. The summed E-state index contributed by atoms with van der Waals surface area (Å²) in [6.07, 6.45) is 1.50. The summed E-state index contributed by atoms with van der Waals surface area (Å²) in [6.45, 7) is 5.29. The molecule has 0 atom stereocenters. The fourth-order valence-corrected chi connectivity index (χ4v) is 0.262. The first-order valence-corrected chi connectivity index (χ1v) is 4.75. The third kappa shape index (κ3) is 64.8. The van der Waals surface area contributed by atoms with Crippen LogP contribution < -0.4 is 5.73 Å². The topological polar surface area (TPSA) is 175 Å². The molecule has 0 aromatic rings. The Morgan fingerprint density at radius 3 is 1.74 bits per heavy atom. The molecule has 0 aliphatic carbocycles. The average Bonchev–Trinajstić information content (AvgIpc) is 2.38. The SMILES string of the molecule is C=C(C)C(=O)OCCO.N=C=O.N=C=O.NCCO. The molecule has 0 aliphatic heterocycles. The summed E-state index contributed by atoms with van der Waals surface area (Å²) in [4.78, 5) is 27.2. The van der Waals surface area contributed by atoms with Crippen LogP contribution in [0.25, 0.3) is 0 Å². The van der Waals surface area contributed by atoms with E-state index in [1.54, 1.807) is 6.92 Å². The fraction of sp³-hybridized carbons (Fsp3) is 0.500. The quantitative estimate of drug-likeness (QED) is 0.186. The second-order valence-electron chi connectivity index (χ2n) is 2.36. The number of hydrogen-bond acceptors (Lipinski definition) is 9. The number of hydrogen-bond donors (Lipinski definition) is 5. The molecule has 0 aromatic carbocycles. The van der Waals surface area contributed by atoms with Gasteiger partial charge in [-0.2, -0.15) is 0 Å². The first-order valence-electron chi connectivity index (χ1n) is 4.75. The van der Waals surface area contributed by atoms with E-state index in [0.29, 0.717) is 12.1 Å². The lowest BCUT2D eigenvalue weighted by molar-refractivity contribution is -0.139. The lowest BCUT2D eigenvalue weighted by Crippen LogP contribution is -2.08. The Balaban J connectivity index is -0.0000000937. The van der Waals surface area contributed by atoms with Crippen LogP contribution in [0.4, 0.5) is 0 Å². The van der Waals surface area contributed by atoms with Crippen molar-refractivity contribution in [1.29, 1.82) is 10.8 Å². The first kappa shape index (κ1) is 25.6. The van der Waals surface area contributed by atoms with E-state index < -0.39 is 5.97 Å². The van der Waals surface area contributed by atoms with Crippen molar-refractivity contribution in [2.75, 3.05) is 26.4 Å². The summed E-state index contributed by atoms with van der Waals surface area (Å²) < 4.78 is 4.46. The number of aliphatic hydroxyl groups is 2. The Morgan fingerprint density at radius 1 is 1.26 bits per heavy atom. The molecule has 9 heteroatoms. The predicted octanol–water partition coefficient (Wildman–Crippen LogP) is -1.16. The van der Waals surface area contributed by atoms with Crippen molar-refractivity contribution in [1.82, 2.24) is 0 Å². The minimum atomic E-state index is -0.455. The Kier molecular flexibility index (Phi) is 40.1. The lowest BCUT2D eigenvalue weighted by atomic mass is 10.4.